The van der Waals surface area contributed by atoms with E-state index in [0.29, 0.717) is 13.2 Å². The summed E-state index contributed by atoms with van der Waals surface area (Å²) in [4.78, 5) is 0. The van der Waals surface area contributed by atoms with Gasteiger partial charge in [0, 0.05) is 6.54 Å². The Balaban J connectivity index is 2.68. The number of hydrogen-bond acceptors (Lipinski definition) is 3. The Kier molecular flexibility index (Phi) is 3.70. The molecule has 1 atom stereocenters. The summed E-state index contributed by atoms with van der Waals surface area (Å²) in [5, 5.41) is 0. The average molecular weight is 207 g/mol. The summed E-state index contributed by atoms with van der Waals surface area (Å²) in [6.45, 7) is 4.93. The summed E-state index contributed by atoms with van der Waals surface area (Å²) in [5.74, 6) is 0. The lowest BCUT2D eigenvalue weighted by atomic mass is 10.2. The van der Waals surface area contributed by atoms with E-state index in [0.717, 1.165) is 19.3 Å². The normalized spacial score (nSPS) is 28.0. The lowest BCUT2D eigenvalue weighted by Gasteiger charge is -2.18. The fraction of sp³-hybridized carbons (Fsp3) is 1.00. The molecular formula is C8H17NO3S. The monoisotopic (exact) mass is 207 g/mol. The van der Waals surface area contributed by atoms with Gasteiger partial charge in [0.1, 0.15) is 0 Å². The third-order valence-electron chi connectivity index (χ3n) is 2.17. The maximum absolute atomic E-state index is 11.3. The Morgan fingerprint density at radius 1 is 1.38 bits per heavy atom. The van der Waals surface area contributed by atoms with Gasteiger partial charge in [0.25, 0.3) is 0 Å². The highest BCUT2D eigenvalue weighted by molar-refractivity contribution is 7.84. The van der Waals surface area contributed by atoms with E-state index >= 15 is 0 Å². The minimum Gasteiger partial charge on any atom is -0.256 e. The Hall–Kier alpha value is -0.130. The summed E-state index contributed by atoms with van der Waals surface area (Å²) in [6.07, 6.45) is 2.71. The van der Waals surface area contributed by atoms with Crippen molar-refractivity contribution >= 4 is 10.3 Å². The van der Waals surface area contributed by atoms with Crippen molar-refractivity contribution in [1.82, 2.24) is 4.31 Å². The zero-order chi connectivity index (χ0) is 9.90. The third-order valence-corrected chi connectivity index (χ3v) is 3.66. The highest BCUT2D eigenvalue weighted by Gasteiger charge is 2.36. The summed E-state index contributed by atoms with van der Waals surface area (Å²) in [5.41, 5.74) is 0. The van der Waals surface area contributed by atoms with Crippen LogP contribution in [0.4, 0.5) is 0 Å². The average Bonchev–Trinajstić information content (AvgIpc) is 2.33. The SMILES string of the molecule is CCC[C@H]1COS(=O)(=O)N1CCC. The van der Waals surface area contributed by atoms with Crippen molar-refractivity contribution in [2.24, 2.45) is 0 Å². The zero-order valence-electron chi connectivity index (χ0n) is 8.19. The van der Waals surface area contributed by atoms with Crippen LogP contribution in [-0.2, 0) is 14.5 Å². The van der Waals surface area contributed by atoms with Gasteiger partial charge in [0.15, 0.2) is 0 Å². The van der Waals surface area contributed by atoms with Gasteiger partial charge in [0.2, 0.25) is 0 Å². The van der Waals surface area contributed by atoms with E-state index in [4.69, 9.17) is 4.18 Å². The first-order valence-corrected chi connectivity index (χ1v) is 6.14. The second-order valence-corrected chi connectivity index (χ2v) is 4.86. The van der Waals surface area contributed by atoms with Gasteiger partial charge in [-0.3, -0.25) is 4.18 Å². The van der Waals surface area contributed by atoms with Gasteiger partial charge in [0.05, 0.1) is 12.6 Å². The molecule has 1 rings (SSSR count). The Labute approximate surface area is 80.1 Å². The van der Waals surface area contributed by atoms with Crippen LogP contribution in [0.5, 0.6) is 0 Å². The van der Waals surface area contributed by atoms with E-state index < -0.39 is 10.3 Å². The fourth-order valence-electron chi connectivity index (χ4n) is 1.57. The predicted octanol–water partition coefficient (Wildman–Crippen LogP) is 1.14. The zero-order valence-corrected chi connectivity index (χ0v) is 9.01. The van der Waals surface area contributed by atoms with Gasteiger partial charge in [-0.05, 0) is 12.8 Å². The summed E-state index contributed by atoms with van der Waals surface area (Å²) in [7, 11) is -3.39. The molecule has 0 aromatic carbocycles. The molecule has 1 heterocycles. The molecule has 1 saturated heterocycles. The Bertz CT molecular complexity index is 250. The molecule has 13 heavy (non-hydrogen) atoms. The molecule has 0 bridgehead atoms. The van der Waals surface area contributed by atoms with Gasteiger partial charge in [-0.25, -0.2) is 0 Å². The maximum atomic E-state index is 11.3. The molecule has 4 nitrogen and oxygen atoms in total. The van der Waals surface area contributed by atoms with Crippen LogP contribution in [0, 0.1) is 0 Å². The van der Waals surface area contributed by atoms with E-state index in [2.05, 4.69) is 6.92 Å². The molecule has 0 radical (unpaired) electrons. The summed E-state index contributed by atoms with van der Waals surface area (Å²) >= 11 is 0. The number of nitrogens with zero attached hydrogens (tertiary/aromatic N) is 1. The predicted molar refractivity (Wildman–Crippen MR) is 50.6 cm³/mol. The molecule has 5 heteroatoms. The first kappa shape index (κ1) is 10.9. The maximum Gasteiger partial charge on any atom is 0.338 e. The highest BCUT2D eigenvalue weighted by Crippen LogP contribution is 2.21. The number of rotatable bonds is 4. The van der Waals surface area contributed by atoms with Crippen molar-refractivity contribution in [3.63, 3.8) is 0 Å². The summed E-state index contributed by atoms with van der Waals surface area (Å²) in [6, 6.07) is 0.0648. The van der Waals surface area contributed by atoms with Gasteiger partial charge in [-0.1, -0.05) is 20.3 Å². The molecule has 0 aromatic rings. The van der Waals surface area contributed by atoms with Crippen LogP contribution < -0.4 is 0 Å². The molecule has 78 valence electrons. The number of hydrogen-bond donors (Lipinski definition) is 0. The van der Waals surface area contributed by atoms with Crippen LogP contribution in [0.1, 0.15) is 33.1 Å². The molecule has 0 N–H and O–H groups in total. The molecule has 0 unspecified atom stereocenters. The van der Waals surface area contributed by atoms with Crippen molar-refractivity contribution in [2.75, 3.05) is 13.2 Å². The molecule has 0 aliphatic carbocycles. The molecule has 1 fully saturated rings. The first-order chi connectivity index (χ1) is 6.11. The Morgan fingerprint density at radius 3 is 2.62 bits per heavy atom. The summed E-state index contributed by atoms with van der Waals surface area (Å²) < 4.78 is 28.9. The third kappa shape index (κ3) is 2.42. The van der Waals surface area contributed by atoms with E-state index in [-0.39, 0.29) is 6.04 Å². The standard InChI is InChI=1S/C8H17NO3S/c1-3-5-8-7-12-13(10,11)9(8)6-4-2/h8H,3-7H2,1-2H3/t8-/m0/s1. The van der Waals surface area contributed by atoms with Crippen LogP contribution >= 0.6 is 0 Å². The molecular weight excluding hydrogens is 190 g/mol. The molecule has 0 spiro atoms. The molecule has 0 aromatic heterocycles. The van der Waals surface area contributed by atoms with E-state index in [1.807, 2.05) is 6.92 Å². The molecule has 1 aliphatic rings. The van der Waals surface area contributed by atoms with Crippen LogP contribution in [0.3, 0.4) is 0 Å². The van der Waals surface area contributed by atoms with E-state index in [9.17, 15) is 8.42 Å². The van der Waals surface area contributed by atoms with Crippen molar-refractivity contribution < 1.29 is 12.6 Å². The minimum absolute atomic E-state index is 0.0648. The van der Waals surface area contributed by atoms with Gasteiger partial charge >= 0.3 is 10.3 Å². The highest BCUT2D eigenvalue weighted by atomic mass is 32.2. The smallest absolute Gasteiger partial charge is 0.256 e. The fourth-order valence-corrected chi connectivity index (χ4v) is 2.98. The van der Waals surface area contributed by atoms with E-state index in [1.54, 1.807) is 0 Å². The van der Waals surface area contributed by atoms with Crippen LogP contribution in [0.15, 0.2) is 0 Å². The lowest BCUT2D eigenvalue weighted by Crippen LogP contribution is -2.34. The van der Waals surface area contributed by atoms with Crippen molar-refractivity contribution in [1.29, 1.82) is 0 Å². The lowest BCUT2D eigenvalue weighted by molar-refractivity contribution is 0.295. The van der Waals surface area contributed by atoms with E-state index in [1.165, 1.54) is 4.31 Å². The minimum atomic E-state index is -3.39. The quantitative estimate of drug-likeness (QED) is 0.694. The topological polar surface area (TPSA) is 46.6 Å². The second kappa shape index (κ2) is 4.39. The molecule has 0 saturated carbocycles. The van der Waals surface area contributed by atoms with Crippen molar-refractivity contribution in [2.45, 2.75) is 39.2 Å². The van der Waals surface area contributed by atoms with Gasteiger partial charge < -0.3 is 0 Å². The first-order valence-electron chi connectivity index (χ1n) is 4.78. The molecule has 1 aliphatic heterocycles. The van der Waals surface area contributed by atoms with Gasteiger partial charge in [-0.2, -0.15) is 12.7 Å². The van der Waals surface area contributed by atoms with Crippen LogP contribution in [0.25, 0.3) is 0 Å². The second-order valence-electron chi connectivity index (χ2n) is 3.30. The van der Waals surface area contributed by atoms with Gasteiger partial charge in [-0.15, -0.1) is 0 Å². The largest absolute Gasteiger partial charge is 0.338 e. The Morgan fingerprint density at radius 2 is 2.08 bits per heavy atom. The molecule has 0 amide bonds. The van der Waals surface area contributed by atoms with Crippen LogP contribution in [0.2, 0.25) is 0 Å². The van der Waals surface area contributed by atoms with Crippen molar-refractivity contribution in [3.8, 4) is 0 Å². The van der Waals surface area contributed by atoms with Crippen LogP contribution in [-0.4, -0.2) is 31.9 Å². The van der Waals surface area contributed by atoms with Crippen molar-refractivity contribution in [3.05, 3.63) is 0 Å².